The molecule has 0 saturated heterocycles. The molecule has 3 N–H and O–H groups in total. The number of benzene rings is 1. The molecule has 0 unspecified atom stereocenters. The molecule has 228 valence electrons. The molecule has 1 aromatic heterocycles. The van der Waals surface area contributed by atoms with Gasteiger partial charge in [-0.3, -0.25) is 14.4 Å². The van der Waals surface area contributed by atoms with Gasteiger partial charge in [0.15, 0.2) is 0 Å². The molecule has 42 heavy (non-hydrogen) atoms. The molecule has 0 radical (unpaired) electrons. The lowest BCUT2D eigenvalue weighted by atomic mass is 9.80. The summed E-state index contributed by atoms with van der Waals surface area (Å²) in [6.07, 6.45) is 3.74. The lowest BCUT2D eigenvalue weighted by molar-refractivity contribution is -0.149. The average molecular weight is 588 g/mol. The number of hydrogen-bond acceptors (Lipinski definition) is 3. The zero-order chi connectivity index (χ0) is 30.4. The van der Waals surface area contributed by atoms with Crippen molar-refractivity contribution in [3.63, 3.8) is 0 Å². The summed E-state index contributed by atoms with van der Waals surface area (Å²) in [4.78, 5) is 37.7. The Morgan fingerprint density at radius 2 is 1.71 bits per heavy atom. The Morgan fingerprint density at radius 1 is 1.05 bits per heavy atom. The molecule has 1 heterocycles. The molecule has 2 amide bonds. The highest BCUT2D eigenvalue weighted by Gasteiger charge is 2.41. The average Bonchev–Trinajstić information content (AvgIpc) is 3.59. The summed E-state index contributed by atoms with van der Waals surface area (Å²) in [7, 11) is 0. The van der Waals surface area contributed by atoms with Crippen LogP contribution in [0.15, 0.2) is 24.3 Å². The fraction of sp³-hybridized carbons (Fsp3) is 0.594. The molecule has 1 aromatic carbocycles. The zero-order valence-corrected chi connectivity index (χ0v) is 24.4. The minimum Gasteiger partial charge on any atom is -0.481 e. The van der Waals surface area contributed by atoms with Crippen LogP contribution < -0.4 is 10.6 Å². The van der Waals surface area contributed by atoms with E-state index in [-0.39, 0.29) is 22.9 Å². The second-order valence-corrected chi connectivity index (χ2v) is 12.9. The number of aromatic nitrogens is 1. The van der Waals surface area contributed by atoms with Crippen molar-refractivity contribution in [1.29, 1.82) is 0 Å². The molecule has 3 aliphatic rings. The van der Waals surface area contributed by atoms with Crippen molar-refractivity contribution < 1.29 is 32.7 Å². The van der Waals surface area contributed by atoms with Gasteiger partial charge in [0.2, 0.25) is 0 Å². The second-order valence-electron chi connectivity index (χ2n) is 12.9. The molecule has 7 nitrogen and oxygen atoms in total. The summed E-state index contributed by atoms with van der Waals surface area (Å²) in [6.45, 7) is 5.61. The van der Waals surface area contributed by atoms with Gasteiger partial charge in [0.05, 0.1) is 11.5 Å². The topological polar surface area (TPSA) is 100 Å². The Morgan fingerprint density at radius 3 is 2.31 bits per heavy atom. The first-order valence-electron chi connectivity index (χ1n) is 15.0. The van der Waals surface area contributed by atoms with E-state index in [4.69, 9.17) is 0 Å². The molecular formula is C32H40F3N3O4. The fourth-order valence-electron chi connectivity index (χ4n) is 6.27. The van der Waals surface area contributed by atoms with Crippen molar-refractivity contribution in [3.8, 4) is 11.3 Å². The van der Waals surface area contributed by atoms with Gasteiger partial charge in [0.25, 0.3) is 11.8 Å². The first-order chi connectivity index (χ1) is 19.7. The first kappa shape index (κ1) is 30.2. The standard InChI is InChI=1S/C32H40F3N3O4/c1-18-26(29(40)37-25-14-23(15-25)30(41)42)16-27(38(18)17-20-7-5-4-6-8-20)21-11-22(13-24(12-21)31(3)9-10-31)28(39)36-19(2)32(33,34)35/h11-13,16,19-20,23,25H,4-10,14-15,17H2,1-3H3,(H,36,39)(H,37,40)(H,41,42)/t19-,23?,25?/m1/s1. The molecule has 3 aliphatic carbocycles. The second kappa shape index (κ2) is 11.4. The summed E-state index contributed by atoms with van der Waals surface area (Å²) < 4.78 is 41.9. The maximum absolute atomic E-state index is 13.4. The van der Waals surface area contributed by atoms with E-state index >= 15 is 0 Å². The number of carbonyl (C=O) groups excluding carboxylic acids is 2. The third kappa shape index (κ3) is 6.37. The number of nitrogens with zero attached hydrogens (tertiary/aromatic N) is 1. The Hall–Kier alpha value is -3.30. The number of carbonyl (C=O) groups is 3. The Labute approximate surface area is 244 Å². The van der Waals surface area contributed by atoms with Crippen LogP contribution in [0.3, 0.4) is 0 Å². The predicted molar refractivity (Wildman–Crippen MR) is 152 cm³/mol. The number of carboxylic acid groups (broad SMARTS) is 1. The Bertz CT molecular complexity index is 1370. The number of halogens is 3. The molecule has 3 fully saturated rings. The van der Waals surface area contributed by atoms with E-state index < -0.39 is 30.0 Å². The van der Waals surface area contributed by atoms with Gasteiger partial charge in [-0.1, -0.05) is 26.2 Å². The molecule has 5 rings (SSSR count). The highest BCUT2D eigenvalue weighted by Crippen LogP contribution is 2.49. The van der Waals surface area contributed by atoms with Crippen LogP contribution in [0.5, 0.6) is 0 Å². The van der Waals surface area contributed by atoms with Gasteiger partial charge in [-0.15, -0.1) is 0 Å². The maximum atomic E-state index is 13.4. The molecule has 3 saturated carbocycles. The highest BCUT2D eigenvalue weighted by molar-refractivity contribution is 5.98. The third-order valence-electron chi connectivity index (χ3n) is 9.63. The largest absolute Gasteiger partial charge is 0.481 e. The van der Waals surface area contributed by atoms with Crippen LogP contribution in [-0.2, 0) is 16.8 Å². The SMILES string of the molecule is Cc1c(C(=O)NC2CC(C(=O)O)C2)cc(-c2cc(C(=O)N[C@H](C)C(F)(F)F)cc(C3(C)CC3)c2)n1CC1CCCCC1. The van der Waals surface area contributed by atoms with Crippen molar-refractivity contribution in [2.45, 2.75) is 109 Å². The number of aliphatic carboxylic acids is 1. The minimum atomic E-state index is -4.56. The molecule has 1 atom stereocenters. The first-order valence-corrected chi connectivity index (χ1v) is 15.0. The molecule has 0 bridgehead atoms. The highest BCUT2D eigenvalue weighted by atomic mass is 19.4. The number of hydrogen-bond donors (Lipinski definition) is 3. The molecule has 0 spiro atoms. The fourth-order valence-corrected chi connectivity index (χ4v) is 6.27. The molecule has 2 aromatic rings. The van der Waals surface area contributed by atoms with E-state index in [1.54, 1.807) is 12.1 Å². The van der Waals surface area contributed by atoms with Gasteiger partial charge < -0.3 is 20.3 Å². The Balaban J connectivity index is 1.52. The molecular weight excluding hydrogens is 547 g/mol. The maximum Gasteiger partial charge on any atom is 0.408 e. The number of alkyl halides is 3. The van der Waals surface area contributed by atoms with Gasteiger partial charge in [-0.05, 0) is 99.1 Å². The van der Waals surface area contributed by atoms with E-state index in [2.05, 4.69) is 22.1 Å². The number of carboxylic acids is 1. The van der Waals surface area contributed by atoms with E-state index in [1.807, 2.05) is 19.1 Å². The van der Waals surface area contributed by atoms with E-state index in [9.17, 15) is 32.7 Å². The zero-order valence-electron chi connectivity index (χ0n) is 24.4. The summed E-state index contributed by atoms with van der Waals surface area (Å²) in [6, 6.07) is 4.95. The van der Waals surface area contributed by atoms with Crippen LogP contribution >= 0.6 is 0 Å². The molecule has 10 heteroatoms. The summed E-state index contributed by atoms with van der Waals surface area (Å²) in [5.74, 6) is -1.93. The number of nitrogens with one attached hydrogen (secondary N) is 2. The quantitative estimate of drug-likeness (QED) is 0.318. The van der Waals surface area contributed by atoms with Crippen LogP contribution in [0.4, 0.5) is 13.2 Å². The monoisotopic (exact) mass is 587 g/mol. The number of amides is 2. The third-order valence-corrected chi connectivity index (χ3v) is 9.63. The normalized spacial score (nSPS) is 22.6. The van der Waals surface area contributed by atoms with Crippen molar-refractivity contribution in [2.75, 3.05) is 0 Å². The van der Waals surface area contributed by atoms with Crippen molar-refractivity contribution in [3.05, 3.63) is 46.6 Å². The van der Waals surface area contributed by atoms with E-state index in [1.165, 1.54) is 6.42 Å². The van der Waals surface area contributed by atoms with Gasteiger partial charge in [0, 0.05) is 29.5 Å². The lowest BCUT2D eigenvalue weighted by Gasteiger charge is -2.32. The van der Waals surface area contributed by atoms with Crippen LogP contribution in [0.25, 0.3) is 11.3 Å². The van der Waals surface area contributed by atoms with Gasteiger partial charge in [-0.25, -0.2) is 0 Å². The predicted octanol–water partition coefficient (Wildman–Crippen LogP) is 6.37. The van der Waals surface area contributed by atoms with Crippen molar-refractivity contribution >= 4 is 17.8 Å². The van der Waals surface area contributed by atoms with Crippen LogP contribution in [0.2, 0.25) is 0 Å². The Kier molecular flexibility index (Phi) is 8.20. The van der Waals surface area contributed by atoms with Crippen molar-refractivity contribution in [2.24, 2.45) is 11.8 Å². The van der Waals surface area contributed by atoms with Gasteiger partial charge in [-0.2, -0.15) is 13.2 Å². The summed E-state index contributed by atoms with van der Waals surface area (Å²) in [5.41, 5.74) is 3.62. The number of rotatable bonds is 9. The van der Waals surface area contributed by atoms with Crippen LogP contribution in [-0.4, -0.2) is 45.7 Å². The lowest BCUT2D eigenvalue weighted by Crippen LogP contribution is -2.46. The van der Waals surface area contributed by atoms with Gasteiger partial charge in [0.1, 0.15) is 6.04 Å². The summed E-state index contributed by atoms with van der Waals surface area (Å²) >= 11 is 0. The van der Waals surface area contributed by atoms with E-state index in [0.29, 0.717) is 36.4 Å². The smallest absolute Gasteiger partial charge is 0.408 e. The van der Waals surface area contributed by atoms with Gasteiger partial charge >= 0.3 is 12.1 Å². The van der Waals surface area contributed by atoms with Crippen LogP contribution in [0, 0.1) is 18.8 Å². The molecule has 0 aliphatic heterocycles. The van der Waals surface area contributed by atoms with Crippen molar-refractivity contribution in [1.82, 2.24) is 15.2 Å². The summed E-state index contributed by atoms with van der Waals surface area (Å²) in [5, 5.41) is 14.3. The minimum absolute atomic E-state index is 0.151. The van der Waals surface area contributed by atoms with E-state index in [0.717, 1.165) is 62.4 Å². The van der Waals surface area contributed by atoms with Crippen LogP contribution in [0.1, 0.15) is 104 Å².